The molecule has 1 aliphatic heterocycles. The summed E-state index contributed by atoms with van der Waals surface area (Å²) in [5.41, 5.74) is 0. The Morgan fingerprint density at radius 3 is 2.58 bits per heavy atom. The molecule has 0 aromatic heterocycles. The smallest absolute Gasteiger partial charge is 0.240 e. The number of ether oxygens (including phenoxy) is 3. The molecule has 1 atom stereocenters. The predicted octanol–water partition coefficient (Wildman–Crippen LogP) is 1.40. The molecule has 0 aliphatic carbocycles. The van der Waals surface area contributed by atoms with E-state index in [4.69, 9.17) is 14.2 Å². The van der Waals surface area contributed by atoms with Gasteiger partial charge in [-0.3, -0.25) is 0 Å². The quantitative estimate of drug-likeness (QED) is 0.676. The molecular weight excluding hydrogens is 356 g/mol. The summed E-state index contributed by atoms with van der Waals surface area (Å²) in [5, 5.41) is 3.27. The fraction of sp³-hybridized carbons (Fsp3) is 0.333. The predicted molar refractivity (Wildman–Crippen MR) is 97.4 cm³/mol. The maximum atomic E-state index is 11.7. The number of hydrogen-bond donors (Lipinski definition) is 2. The van der Waals surface area contributed by atoms with Crippen LogP contribution in [0.15, 0.2) is 53.4 Å². The molecule has 1 heterocycles. The number of nitrogens with one attached hydrogen (secondary N) is 2. The maximum Gasteiger partial charge on any atom is 0.240 e. The van der Waals surface area contributed by atoms with Gasteiger partial charge in [-0.1, -0.05) is 12.1 Å². The van der Waals surface area contributed by atoms with Gasteiger partial charge in [-0.25, -0.2) is 13.1 Å². The highest BCUT2D eigenvalue weighted by Gasteiger charge is 2.19. The van der Waals surface area contributed by atoms with Gasteiger partial charge in [0, 0.05) is 13.1 Å². The zero-order chi connectivity index (χ0) is 18.4. The van der Waals surface area contributed by atoms with Crippen molar-refractivity contribution in [1.82, 2.24) is 10.0 Å². The van der Waals surface area contributed by atoms with Gasteiger partial charge < -0.3 is 19.5 Å². The Morgan fingerprint density at radius 1 is 1.12 bits per heavy atom. The van der Waals surface area contributed by atoms with Gasteiger partial charge in [0.1, 0.15) is 25.1 Å². The fourth-order valence-corrected chi connectivity index (χ4v) is 3.23. The van der Waals surface area contributed by atoms with Gasteiger partial charge in [0.2, 0.25) is 10.0 Å². The van der Waals surface area contributed by atoms with E-state index in [1.165, 1.54) is 19.2 Å². The van der Waals surface area contributed by atoms with Crippen molar-refractivity contribution in [2.45, 2.75) is 11.0 Å². The first-order chi connectivity index (χ1) is 12.6. The molecule has 0 spiro atoms. The summed E-state index contributed by atoms with van der Waals surface area (Å²) in [6.45, 7) is 2.25. The molecule has 2 aromatic carbocycles. The Hall–Kier alpha value is -2.29. The summed E-state index contributed by atoms with van der Waals surface area (Å²) in [5.74, 6) is 2.15. The van der Waals surface area contributed by atoms with Crippen molar-refractivity contribution in [3.63, 3.8) is 0 Å². The first kappa shape index (κ1) is 18.5. The third kappa shape index (κ3) is 4.66. The second-order valence-electron chi connectivity index (χ2n) is 5.73. The summed E-state index contributed by atoms with van der Waals surface area (Å²) >= 11 is 0. The molecule has 1 unspecified atom stereocenters. The number of hydrogen-bond acceptors (Lipinski definition) is 6. The molecular formula is C18H22N2O5S. The molecule has 2 aromatic rings. The topological polar surface area (TPSA) is 85.9 Å². The second-order valence-corrected chi connectivity index (χ2v) is 7.62. The molecule has 2 N–H and O–H groups in total. The summed E-state index contributed by atoms with van der Waals surface area (Å²) in [4.78, 5) is 0.209. The highest BCUT2D eigenvalue weighted by atomic mass is 32.2. The number of benzene rings is 2. The van der Waals surface area contributed by atoms with Gasteiger partial charge in [-0.2, -0.15) is 0 Å². The van der Waals surface area contributed by atoms with Crippen LogP contribution in [-0.4, -0.2) is 47.9 Å². The normalized spacial score (nSPS) is 16.3. The molecule has 3 rings (SSSR count). The van der Waals surface area contributed by atoms with Crippen molar-refractivity contribution in [2.24, 2.45) is 0 Å². The second kappa shape index (κ2) is 8.39. The maximum absolute atomic E-state index is 11.7. The van der Waals surface area contributed by atoms with Crippen LogP contribution in [0.5, 0.6) is 17.2 Å². The lowest BCUT2D eigenvalue weighted by Gasteiger charge is -2.26. The number of sulfonamides is 1. The van der Waals surface area contributed by atoms with Crippen molar-refractivity contribution in [1.29, 1.82) is 0 Å². The third-order valence-electron chi connectivity index (χ3n) is 3.89. The minimum Gasteiger partial charge on any atom is -0.492 e. The first-order valence-corrected chi connectivity index (χ1v) is 9.82. The van der Waals surface area contributed by atoms with Gasteiger partial charge in [0.15, 0.2) is 11.5 Å². The van der Waals surface area contributed by atoms with Crippen LogP contribution in [0.3, 0.4) is 0 Å². The lowest BCUT2D eigenvalue weighted by atomic mass is 10.2. The standard InChI is InChI=1S/C18H22N2O5S/c1-19-26(21,22)16-8-6-14(7-9-16)23-11-10-20-12-15-13-24-17-4-2-3-5-18(17)25-15/h2-9,15,19-20H,10-13H2,1H3. The number of para-hydroxylation sites is 2. The molecule has 8 heteroatoms. The minimum atomic E-state index is -3.42. The Labute approximate surface area is 153 Å². The summed E-state index contributed by atoms with van der Waals surface area (Å²) in [6.07, 6.45) is -0.0454. The van der Waals surface area contributed by atoms with Gasteiger partial charge in [-0.05, 0) is 43.4 Å². The van der Waals surface area contributed by atoms with Crippen molar-refractivity contribution in [2.75, 3.05) is 33.4 Å². The van der Waals surface area contributed by atoms with Crippen molar-refractivity contribution in [3.05, 3.63) is 48.5 Å². The molecule has 1 aliphatic rings. The van der Waals surface area contributed by atoms with E-state index in [0.717, 1.165) is 11.5 Å². The van der Waals surface area contributed by atoms with Crippen LogP contribution in [0.4, 0.5) is 0 Å². The molecule has 0 bridgehead atoms. The van der Waals surface area contributed by atoms with E-state index in [-0.39, 0.29) is 11.0 Å². The van der Waals surface area contributed by atoms with Crippen LogP contribution >= 0.6 is 0 Å². The van der Waals surface area contributed by atoms with Gasteiger partial charge in [-0.15, -0.1) is 0 Å². The van der Waals surface area contributed by atoms with E-state index in [0.29, 0.717) is 32.1 Å². The average Bonchev–Trinajstić information content (AvgIpc) is 2.68. The van der Waals surface area contributed by atoms with Crippen molar-refractivity contribution in [3.8, 4) is 17.2 Å². The lowest BCUT2D eigenvalue weighted by Crippen LogP contribution is -2.39. The molecule has 0 radical (unpaired) electrons. The minimum absolute atomic E-state index is 0.0454. The van der Waals surface area contributed by atoms with Crippen LogP contribution in [0.1, 0.15) is 0 Å². The highest BCUT2D eigenvalue weighted by Crippen LogP contribution is 2.30. The largest absolute Gasteiger partial charge is 0.492 e. The third-order valence-corrected chi connectivity index (χ3v) is 5.32. The van der Waals surface area contributed by atoms with Gasteiger partial charge >= 0.3 is 0 Å². The van der Waals surface area contributed by atoms with Crippen molar-refractivity contribution >= 4 is 10.0 Å². The van der Waals surface area contributed by atoms with E-state index in [2.05, 4.69) is 10.0 Å². The number of fused-ring (bicyclic) bond motifs is 1. The average molecular weight is 378 g/mol. The Morgan fingerprint density at radius 2 is 1.85 bits per heavy atom. The lowest BCUT2D eigenvalue weighted by molar-refractivity contribution is 0.0897. The zero-order valence-corrected chi connectivity index (χ0v) is 15.3. The molecule has 0 fully saturated rings. The van der Waals surface area contributed by atoms with Gasteiger partial charge in [0.25, 0.3) is 0 Å². The van der Waals surface area contributed by atoms with Crippen LogP contribution in [0.2, 0.25) is 0 Å². The summed E-state index contributed by atoms with van der Waals surface area (Å²) in [6, 6.07) is 13.9. The summed E-state index contributed by atoms with van der Waals surface area (Å²) in [7, 11) is -2.04. The van der Waals surface area contributed by atoms with E-state index < -0.39 is 10.0 Å². The molecule has 0 amide bonds. The Bertz CT molecular complexity index is 824. The Balaban J connectivity index is 1.37. The zero-order valence-electron chi connectivity index (χ0n) is 14.5. The van der Waals surface area contributed by atoms with Crippen LogP contribution in [0, 0.1) is 0 Å². The van der Waals surface area contributed by atoms with Crippen molar-refractivity contribution < 1.29 is 22.6 Å². The monoisotopic (exact) mass is 378 g/mol. The molecule has 140 valence electrons. The molecule has 7 nitrogen and oxygen atoms in total. The van der Waals surface area contributed by atoms with Gasteiger partial charge in [0.05, 0.1) is 4.90 Å². The Kier molecular flexibility index (Phi) is 5.97. The molecule has 0 saturated carbocycles. The summed E-state index contributed by atoms with van der Waals surface area (Å²) < 4.78 is 42.7. The van der Waals surface area contributed by atoms with E-state index in [9.17, 15) is 8.42 Å². The highest BCUT2D eigenvalue weighted by molar-refractivity contribution is 7.89. The molecule has 0 saturated heterocycles. The van der Waals surface area contributed by atoms with E-state index >= 15 is 0 Å². The van der Waals surface area contributed by atoms with Crippen LogP contribution in [0.25, 0.3) is 0 Å². The SMILES string of the molecule is CNS(=O)(=O)c1ccc(OCCNCC2COc3ccccc3O2)cc1. The molecule has 26 heavy (non-hydrogen) atoms. The van der Waals surface area contributed by atoms with E-state index in [1.807, 2.05) is 24.3 Å². The fourth-order valence-electron chi connectivity index (χ4n) is 2.50. The first-order valence-electron chi connectivity index (χ1n) is 8.34. The number of rotatable bonds is 8. The van der Waals surface area contributed by atoms with Crippen LogP contribution in [-0.2, 0) is 10.0 Å². The van der Waals surface area contributed by atoms with E-state index in [1.54, 1.807) is 12.1 Å². The van der Waals surface area contributed by atoms with Crippen LogP contribution < -0.4 is 24.2 Å².